The van der Waals surface area contributed by atoms with Gasteiger partial charge in [0.05, 0.1) is 17.7 Å². The molecule has 2 rings (SSSR count). The zero-order valence-corrected chi connectivity index (χ0v) is 14.6. The zero-order valence-electron chi connectivity index (χ0n) is 13.0. The van der Waals surface area contributed by atoms with Crippen molar-refractivity contribution in [3.63, 3.8) is 0 Å². The quantitative estimate of drug-likeness (QED) is 0.757. The maximum atomic E-state index is 13.1. The van der Waals surface area contributed by atoms with Gasteiger partial charge in [0.25, 0.3) is 10.0 Å². The average molecular weight is 372 g/mol. The first-order valence-electron chi connectivity index (χ1n) is 6.87. The number of carbonyl (C=O) groups is 1. The van der Waals surface area contributed by atoms with Gasteiger partial charge in [-0.3, -0.25) is 9.10 Å². The van der Waals surface area contributed by atoms with Gasteiger partial charge in [-0.15, -0.1) is 0 Å². The molecule has 0 aliphatic carbocycles. The SMILES string of the molecule is COC(=O)CN(c1ccc(Cl)cc1C)S(=O)(=O)c1ccc(F)cc1. The highest BCUT2D eigenvalue weighted by Gasteiger charge is 2.28. The minimum atomic E-state index is -4.09. The molecule has 0 unspecified atom stereocenters. The highest BCUT2D eigenvalue weighted by Crippen LogP contribution is 2.29. The molecule has 0 saturated carbocycles. The van der Waals surface area contributed by atoms with Gasteiger partial charge in [0.15, 0.2) is 0 Å². The van der Waals surface area contributed by atoms with Crippen LogP contribution >= 0.6 is 11.6 Å². The number of nitrogens with zero attached hydrogens (tertiary/aromatic N) is 1. The molecule has 2 aromatic rings. The van der Waals surface area contributed by atoms with Gasteiger partial charge in [-0.1, -0.05) is 11.6 Å². The molecule has 128 valence electrons. The topological polar surface area (TPSA) is 63.7 Å². The first kappa shape index (κ1) is 18.2. The summed E-state index contributed by atoms with van der Waals surface area (Å²) in [6.45, 7) is 1.16. The molecule has 0 N–H and O–H groups in total. The molecular formula is C16H15ClFNO4S. The van der Waals surface area contributed by atoms with Crippen LogP contribution in [0, 0.1) is 12.7 Å². The molecule has 0 heterocycles. The van der Waals surface area contributed by atoms with E-state index in [-0.39, 0.29) is 10.6 Å². The van der Waals surface area contributed by atoms with Gasteiger partial charge in [-0.25, -0.2) is 12.8 Å². The minimum absolute atomic E-state index is 0.137. The lowest BCUT2D eigenvalue weighted by molar-refractivity contribution is -0.138. The van der Waals surface area contributed by atoms with E-state index < -0.39 is 28.4 Å². The first-order valence-corrected chi connectivity index (χ1v) is 8.69. The van der Waals surface area contributed by atoms with Crippen molar-refractivity contribution in [3.05, 3.63) is 58.9 Å². The summed E-state index contributed by atoms with van der Waals surface area (Å²) in [7, 11) is -2.92. The second kappa shape index (κ2) is 7.19. The molecule has 0 aromatic heterocycles. The number of carbonyl (C=O) groups excluding carboxylic acids is 1. The maximum absolute atomic E-state index is 13.1. The third kappa shape index (κ3) is 3.85. The van der Waals surface area contributed by atoms with Crippen LogP contribution in [-0.2, 0) is 19.6 Å². The van der Waals surface area contributed by atoms with Crippen LogP contribution in [0.4, 0.5) is 10.1 Å². The molecule has 2 aromatic carbocycles. The summed E-state index contributed by atoms with van der Waals surface area (Å²) >= 11 is 5.90. The van der Waals surface area contributed by atoms with Crippen LogP contribution in [0.5, 0.6) is 0 Å². The maximum Gasteiger partial charge on any atom is 0.326 e. The summed E-state index contributed by atoms with van der Waals surface area (Å²) in [6.07, 6.45) is 0. The minimum Gasteiger partial charge on any atom is -0.468 e. The predicted octanol–water partition coefficient (Wildman–Crippen LogP) is 3.16. The summed E-state index contributed by atoms with van der Waals surface area (Å²) in [4.78, 5) is 11.6. The van der Waals surface area contributed by atoms with Crippen LogP contribution in [0.3, 0.4) is 0 Å². The van der Waals surface area contributed by atoms with Crippen LogP contribution < -0.4 is 4.31 Å². The van der Waals surface area contributed by atoms with E-state index in [0.717, 1.165) is 28.6 Å². The van der Waals surface area contributed by atoms with Crippen molar-refractivity contribution < 1.29 is 22.3 Å². The summed E-state index contributed by atoms with van der Waals surface area (Å²) in [5.41, 5.74) is 0.853. The van der Waals surface area contributed by atoms with E-state index in [9.17, 15) is 17.6 Å². The Kier molecular flexibility index (Phi) is 5.46. The van der Waals surface area contributed by atoms with Crippen LogP contribution in [0.25, 0.3) is 0 Å². The lowest BCUT2D eigenvalue weighted by Gasteiger charge is -2.25. The number of ether oxygens (including phenoxy) is 1. The lowest BCUT2D eigenvalue weighted by atomic mass is 10.2. The number of benzene rings is 2. The van der Waals surface area contributed by atoms with Crippen LogP contribution in [0.1, 0.15) is 5.56 Å². The second-order valence-electron chi connectivity index (χ2n) is 4.97. The third-order valence-electron chi connectivity index (χ3n) is 3.33. The Balaban J connectivity index is 2.57. The number of sulfonamides is 1. The van der Waals surface area contributed by atoms with Gasteiger partial charge in [-0.2, -0.15) is 0 Å². The van der Waals surface area contributed by atoms with Crippen molar-refractivity contribution in [3.8, 4) is 0 Å². The normalized spacial score (nSPS) is 11.2. The van der Waals surface area contributed by atoms with E-state index in [2.05, 4.69) is 4.74 Å². The predicted molar refractivity (Wildman–Crippen MR) is 89.1 cm³/mol. The van der Waals surface area contributed by atoms with Crippen LogP contribution in [0.15, 0.2) is 47.4 Å². The molecular weight excluding hydrogens is 357 g/mol. The number of esters is 1. The smallest absolute Gasteiger partial charge is 0.326 e. The molecule has 0 spiro atoms. The number of halogens is 2. The number of methoxy groups -OCH3 is 1. The summed E-state index contributed by atoms with van der Waals surface area (Å²) in [6, 6.07) is 8.97. The molecule has 0 aliphatic rings. The fourth-order valence-electron chi connectivity index (χ4n) is 2.11. The zero-order chi connectivity index (χ0) is 17.9. The van der Waals surface area contributed by atoms with Crippen LogP contribution in [-0.4, -0.2) is 28.0 Å². The number of aryl methyl sites for hydroxylation is 1. The van der Waals surface area contributed by atoms with Gasteiger partial charge < -0.3 is 4.74 Å². The Hall–Kier alpha value is -2.12. The van der Waals surface area contributed by atoms with E-state index in [1.165, 1.54) is 19.2 Å². The molecule has 0 radical (unpaired) electrons. The van der Waals surface area contributed by atoms with Gasteiger partial charge in [-0.05, 0) is 55.0 Å². The summed E-state index contributed by atoms with van der Waals surface area (Å²) in [5.74, 6) is -1.29. The Bertz CT molecular complexity index is 853. The molecule has 8 heteroatoms. The molecule has 5 nitrogen and oxygen atoms in total. The van der Waals surface area contributed by atoms with Gasteiger partial charge in [0.2, 0.25) is 0 Å². The number of hydrogen-bond donors (Lipinski definition) is 0. The van der Waals surface area contributed by atoms with E-state index in [0.29, 0.717) is 10.6 Å². The van der Waals surface area contributed by atoms with Crippen molar-refractivity contribution in [2.45, 2.75) is 11.8 Å². The van der Waals surface area contributed by atoms with Crippen LogP contribution in [0.2, 0.25) is 5.02 Å². The molecule has 0 amide bonds. The van der Waals surface area contributed by atoms with Crippen molar-refractivity contribution in [1.29, 1.82) is 0 Å². The Labute approximate surface area is 144 Å². The van der Waals surface area contributed by atoms with Crippen molar-refractivity contribution in [1.82, 2.24) is 0 Å². The fourth-order valence-corrected chi connectivity index (χ4v) is 3.81. The summed E-state index contributed by atoms with van der Waals surface area (Å²) in [5, 5.41) is 0.438. The molecule has 0 saturated heterocycles. The standard InChI is InChI=1S/C16H15ClFNO4S/c1-11-9-12(17)3-8-15(11)19(10-16(20)23-2)24(21,22)14-6-4-13(18)5-7-14/h3-9H,10H2,1-2H3. The number of hydrogen-bond acceptors (Lipinski definition) is 4. The molecule has 0 bridgehead atoms. The fraction of sp³-hybridized carbons (Fsp3) is 0.188. The van der Waals surface area contributed by atoms with Gasteiger partial charge in [0, 0.05) is 5.02 Å². The highest BCUT2D eigenvalue weighted by atomic mass is 35.5. The second-order valence-corrected chi connectivity index (χ2v) is 7.27. The van der Waals surface area contributed by atoms with Gasteiger partial charge >= 0.3 is 5.97 Å². The Morgan fingerprint density at radius 1 is 1.21 bits per heavy atom. The molecule has 0 aliphatic heterocycles. The van der Waals surface area contributed by atoms with Crippen molar-refractivity contribution >= 4 is 33.3 Å². The van der Waals surface area contributed by atoms with E-state index >= 15 is 0 Å². The largest absolute Gasteiger partial charge is 0.468 e. The highest BCUT2D eigenvalue weighted by molar-refractivity contribution is 7.92. The number of rotatable bonds is 5. The Morgan fingerprint density at radius 3 is 2.38 bits per heavy atom. The molecule has 0 atom stereocenters. The van der Waals surface area contributed by atoms with E-state index in [1.54, 1.807) is 13.0 Å². The lowest BCUT2D eigenvalue weighted by Crippen LogP contribution is -2.36. The van der Waals surface area contributed by atoms with E-state index in [1.807, 2.05) is 0 Å². The summed E-state index contributed by atoms with van der Waals surface area (Å²) < 4.78 is 44.4. The van der Waals surface area contributed by atoms with Gasteiger partial charge in [0.1, 0.15) is 12.4 Å². The molecule has 24 heavy (non-hydrogen) atoms. The molecule has 0 fully saturated rings. The van der Waals surface area contributed by atoms with E-state index in [4.69, 9.17) is 11.6 Å². The Morgan fingerprint density at radius 2 is 1.83 bits per heavy atom. The monoisotopic (exact) mass is 371 g/mol. The first-order chi connectivity index (χ1) is 11.3. The average Bonchev–Trinajstić information content (AvgIpc) is 2.53. The van der Waals surface area contributed by atoms with Crippen molar-refractivity contribution in [2.24, 2.45) is 0 Å². The third-order valence-corrected chi connectivity index (χ3v) is 5.34. The number of anilines is 1. The van der Waals surface area contributed by atoms with Crippen molar-refractivity contribution in [2.75, 3.05) is 18.0 Å².